The summed E-state index contributed by atoms with van der Waals surface area (Å²) in [4.78, 5) is 0. The number of hydrogen-bond donors (Lipinski definition) is 0. The lowest BCUT2D eigenvalue weighted by atomic mass is 9.29. The highest BCUT2D eigenvalue weighted by Crippen LogP contribution is 2.46. The Balaban J connectivity index is 1.56. The van der Waals surface area contributed by atoms with Gasteiger partial charge in [-0.15, -0.1) is 0 Å². The summed E-state index contributed by atoms with van der Waals surface area (Å²) >= 11 is 0. The fraction of sp³-hybridized carbons (Fsp3) is 0.128. The van der Waals surface area contributed by atoms with Crippen LogP contribution in [0, 0.1) is 0 Å². The molecule has 194 valence electrons. The van der Waals surface area contributed by atoms with Gasteiger partial charge in [-0.3, -0.25) is 0 Å². The molecular weight excluding hydrogens is 493 g/mol. The molecule has 0 fully saturated rings. The van der Waals surface area contributed by atoms with Gasteiger partial charge in [-0.25, -0.2) is 0 Å². The second-order valence-electron chi connectivity index (χ2n) is 12.4. The van der Waals surface area contributed by atoms with Crippen molar-refractivity contribution in [3.63, 3.8) is 0 Å². The maximum atomic E-state index is 2.64. The van der Waals surface area contributed by atoms with Crippen molar-refractivity contribution >= 4 is 40.1 Å². The van der Waals surface area contributed by atoms with E-state index in [1.54, 1.807) is 0 Å². The second kappa shape index (κ2) is 8.24. The van der Waals surface area contributed by atoms with Crippen LogP contribution in [0.1, 0.15) is 42.5 Å². The Morgan fingerprint density at radius 2 is 1.41 bits per heavy atom. The normalized spacial score (nSPS) is 15.4. The molecule has 0 amide bonds. The van der Waals surface area contributed by atoms with E-state index >= 15 is 0 Å². The summed E-state index contributed by atoms with van der Waals surface area (Å²) in [6, 6.07) is 40.9. The number of rotatable bonds is 2. The molecule has 0 N–H and O–H groups in total. The summed E-state index contributed by atoms with van der Waals surface area (Å²) in [5.74, 6) is 0. The fourth-order valence-corrected chi connectivity index (χ4v) is 8.24. The molecule has 6 aromatic rings. The summed E-state index contributed by atoms with van der Waals surface area (Å²) in [5.41, 5.74) is 18.1. The van der Waals surface area contributed by atoms with Crippen LogP contribution in [0.15, 0.2) is 115 Å². The van der Waals surface area contributed by atoms with Crippen LogP contribution >= 0.6 is 0 Å². The molecule has 1 aromatic heterocycles. The number of benzene rings is 5. The van der Waals surface area contributed by atoms with Gasteiger partial charge in [0.25, 0.3) is 0 Å². The molecule has 0 spiro atoms. The molecule has 0 unspecified atom stereocenters. The van der Waals surface area contributed by atoms with Crippen LogP contribution in [-0.4, -0.2) is 11.3 Å². The quantitative estimate of drug-likeness (QED) is 0.208. The van der Waals surface area contributed by atoms with Crippen molar-refractivity contribution in [3.8, 4) is 28.1 Å². The van der Waals surface area contributed by atoms with Gasteiger partial charge in [-0.05, 0) is 69.3 Å². The lowest BCUT2D eigenvalue weighted by molar-refractivity contribution is 0.645. The van der Waals surface area contributed by atoms with E-state index in [0.29, 0.717) is 0 Å². The highest BCUT2D eigenvalue weighted by Gasteiger charge is 2.46. The molecule has 0 saturated carbocycles. The highest BCUT2D eigenvalue weighted by atomic mass is 15.0. The Labute approximate surface area is 241 Å². The third kappa shape index (κ3) is 2.97. The zero-order valence-corrected chi connectivity index (χ0v) is 23.5. The lowest BCUT2D eigenvalue weighted by Crippen LogP contribution is -2.64. The number of nitrogens with zero attached hydrogens (tertiary/aromatic N) is 1. The van der Waals surface area contributed by atoms with Gasteiger partial charge in [0.2, 0.25) is 6.71 Å². The Morgan fingerprint density at radius 1 is 0.707 bits per heavy atom. The highest BCUT2D eigenvalue weighted by molar-refractivity contribution is 6.99. The topological polar surface area (TPSA) is 4.93 Å². The number of aromatic nitrogens is 1. The first kappa shape index (κ1) is 23.2. The molecule has 1 aliphatic carbocycles. The molecule has 5 aromatic carbocycles. The van der Waals surface area contributed by atoms with Crippen LogP contribution in [0.2, 0.25) is 0 Å². The van der Waals surface area contributed by atoms with Gasteiger partial charge < -0.3 is 4.57 Å². The zero-order valence-electron chi connectivity index (χ0n) is 23.5. The van der Waals surface area contributed by atoms with E-state index in [9.17, 15) is 0 Å². The summed E-state index contributed by atoms with van der Waals surface area (Å²) in [6.07, 6.45) is 6.92. The van der Waals surface area contributed by atoms with E-state index in [1.807, 2.05) is 0 Å². The van der Waals surface area contributed by atoms with Gasteiger partial charge in [-0.1, -0.05) is 129 Å². The monoisotopic (exact) mass is 523 g/mol. The van der Waals surface area contributed by atoms with Gasteiger partial charge in [0, 0.05) is 27.6 Å². The van der Waals surface area contributed by atoms with Crippen LogP contribution in [0.5, 0.6) is 0 Å². The van der Waals surface area contributed by atoms with Gasteiger partial charge >= 0.3 is 0 Å². The Bertz CT molecular complexity index is 2060. The molecule has 3 aliphatic rings. The van der Waals surface area contributed by atoms with Crippen LogP contribution in [0.25, 0.3) is 45.1 Å². The molecule has 1 nitrogen and oxygen atoms in total. The van der Waals surface area contributed by atoms with E-state index in [1.165, 1.54) is 77.6 Å². The predicted octanol–water partition coefficient (Wildman–Crippen LogP) is 7.39. The minimum atomic E-state index is -0.0773. The van der Waals surface area contributed by atoms with Crippen molar-refractivity contribution in [1.82, 2.24) is 4.57 Å². The molecular formula is C39H30BN. The predicted molar refractivity (Wildman–Crippen MR) is 175 cm³/mol. The smallest absolute Gasteiger partial charge is 0.247 e. The maximum Gasteiger partial charge on any atom is 0.247 e. The minimum absolute atomic E-state index is 0.0773. The van der Waals surface area contributed by atoms with Crippen LogP contribution in [-0.2, 0) is 11.8 Å². The van der Waals surface area contributed by atoms with Crippen LogP contribution < -0.4 is 16.4 Å². The van der Waals surface area contributed by atoms with Crippen LogP contribution in [0.4, 0.5) is 0 Å². The Kier molecular flexibility index (Phi) is 4.66. The van der Waals surface area contributed by atoms with Gasteiger partial charge in [0.15, 0.2) is 0 Å². The fourth-order valence-electron chi connectivity index (χ4n) is 8.24. The maximum absolute atomic E-state index is 2.64. The first-order chi connectivity index (χ1) is 20.1. The van der Waals surface area contributed by atoms with E-state index in [4.69, 9.17) is 0 Å². The van der Waals surface area contributed by atoms with Gasteiger partial charge in [-0.2, -0.15) is 0 Å². The van der Waals surface area contributed by atoms with E-state index in [2.05, 4.69) is 140 Å². The first-order valence-corrected chi connectivity index (χ1v) is 14.9. The molecule has 0 atom stereocenters. The zero-order chi connectivity index (χ0) is 27.3. The van der Waals surface area contributed by atoms with E-state index in [-0.39, 0.29) is 12.1 Å². The van der Waals surface area contributed by atoms with Crippen molar-refractivity contribution in [2.24, 2.45) is 0 Å². The molecule has 9 rings (SSSR count). The van der Waals surface area contributed by atoms with Crippen molar-refractivity contribution < 1.29 is 0 Å². The third-order valence-electron chi connectivity index (χ3n) is 9.92. The van der Waals surface area contributed by atoms with Crippen molar-refractivity contribution in [2.45, 2.75) is 32.1 Å². The van der Waals surface area contributed by atoms with E-state index in [0.717, 1.165) is 12.8 Å². The summed E-state index contributed by atoms with van der Waals surface area (Å²) in [5, 5.41) is 1.36. The van der Waals surface area contributed by atoms with Crippen molar-refractivity contribution in [2.75, 3.05) is 0 Å². The molecule has 0 bridgehead atoms. The van der Waals surface area contributed by atoms with Crippen molar-refractivity contribution in [1.29, 1.82) is 0 Å². The van der Waals surface area contributed by atoms with Gasteiger partial charge in [0.05, 0.1) is 5.69 Å². The average Bonchev–Trinajstić information content (AvgIpc) is 3.36. The Hall–Kier alpha value is -4.56. The SMILES string of the molecule is CC1(C)c2ccccc2B2c3c(cccc31)-n1c(-c3ccccc3)c(-c3ccccc3)c3cc4c(c2c31)CCC=C4. The van der Waals surface area contributed by atoms with Gasteiger partial charge in [0.1, 0.15) is 0 Å². The molecule has 0 radical (unpaired) electrons. The van der Waals surface area contributed by atoms with Crippen LogP contribution in [0.3, 0.4) is 0 Å². The standard InChI is InChI=1S/C39H30BN/c1-39(2)30-20-11-12-22-32(30)40-35-28-19-10-9-18-27(28)24-29-34(25-14-5-3-6-15-25)37(26-16-7-4-8-17-26)41(38(29)35)33-23-13-21-31(39)36(33)40/h3-9,11-18,20-24H,10,19H2,1-2H3. The Morgan fingerprint density at radius 3 is 2.22 bits per heavy atom. The van der Waals surface area contributed by atoms with E-state index < -0.39 is 0 Å². The summed E-state index contributed by atoms with van der Waals surface area (Å²) in [7, 11) is 0. The minimum Gasteiger partial charge on any atom is -0.310 e. The summed E-state index contributed by atoms with van der Waals surface area (Å²) < 4.78 is 2.64. The number of hydrogen-bond acceptors (Lipinski definition) is 0. The number of allylic oxidation sites excluding steroid dienone is 1. The molecule has 2 heteroatoms. The molecule has 3 heterocycles. The molecule has 0 saturated heterocycles. The molecule has 2 aliphatic heterocycles. The summed E-state index contributed by atoms with van der Waals surface area (Å²) in [6.45, 7) is 5.05. The van der Waals surface area contributed by atoms with Crippen molar-refractivity contribution in [3.05, 3.63) is 138 Å². The lowest BCUT2D eigenvalue weighted by Gasteiger charge is -2.42. The second-order valence-corrected chi connectivity index (χ2v) is 12.4. The number of fused-ring (bicyclic) bond motifs is 6. The third-order valence-corrected chi connectivity index (χ3v) is 9.92. The molecule has 41 heavy (non-hydrogen) atoms. The first-order valence-electron chi connectivity index (χ1n) is 14.9. The largest absolute Gasteiger partial charge is 0.310 e. The average molecular weight is 523 g/mol.